The molecule has 2 rings (SSSR count). The third kappa shape index (κ3) is 4.13. The summed E-state index contributed by atoms with van der Waals surface area (Å²) in [4.78, 5) is 5.81. The van der Waals surface area contributed by atoms with Crippen molar-refractivity contribution in [2.24, 2.45) is 0 Å². The molecule has 120 valence electrons. The lowest BCUT2D eigenvalue weighted by atomic mass is 10.1. The smallest absolute Gasteiger partial charge is 0.240 e. The highest BCUT2D eigenvalue weighted by molar-refractivity contribution is 7.89. The fourth-order valence-electron chi connectivity index (χ4n) is 2.16. The molecule has 2 N–H and O–H groups in total. The van der Waals surface area contributed by atoms with Crippen molar-refractivity contribution in [3.63, 3.8) is 0 Å². The fourth-order valence-corrected chi connectivity index (χ4v) is 3.72. The van der Waals surface area contributed by atoms with E-state index in [1.54, 1.807) is 29.5 Å². The van der Waals surface area contributed by atoms with Crippen LogP contribution < -0.4 is 10.0 Å². The Morgan fingerprint density at radius 3 is 2.77 bits per heavy atom. The summed E-state index contributed by atoms with van der Waals surface area (Å²) in [5, 5.41) is 3.42. The third-order valence-corrected chi connectivity index (χ3v) is 5.99. The lowest BCUT2D eigenvalue weighted by molar-refractivity contribution is 0.574. The first-order valence-corrected chi connectivity index (χ1v) is 9.46. The molecular formula is C15H21N3O2S2. The monoisotopic (exact) mass is 339 g/mol. The molecule has 0 aliphatic carbocycles. The van der Waals surface area contributed by atoms with Crippen LogP contribution >= 0.6 is 11.3 Å². The Kier molecular flexibility index (Phi) is 5.69. The van der Waals surface area contributed by atoms with E-state index >= 15 is 0 Å². The molecular weight excluding hydrogens is 318 g/mol. The van der Waals surface area contributed by atoms with E-state index < -0.39 is 10.0 Å². The fraction of sp³-hybridized carbons (Fsp3) is 0.400. The maximum atomic E-state index is 11.8. The molecule has 1 aromatic carbocycles. The van der Waals surface area contributed by atoms with Gasteiger partial charge in [-0.15, -0.1) is 11.3 Å². The van der Waals surface area contributed by atoms with Gasteiger partial charge in [0.2, 0.25) is 10.0 Å². The van der Waals surface area contributed by atoms with E-state index in [2.05, 4.69) is 15.0 Å². The number of thiazole rings is 1. The van der Waals surface area contributed by atoms with Gasteiger partial charge >= 0.3 is 0 Å². The van der Waals surface area contributed by atoms with Crippen molar-refractivity contribution in [1.29, 1.82) is 0 Å². The first kappa shape index (κ1) is 17.1. The second kappa shape index (κ2) is 7.32. The first-order chi connectivity index (χ1) is 10.4. The van der Waals surface area contributed by atoms with Gasteiger partial charge in [-0.05, 0) is 45.0 Å². The lowest BCUT2D eigenvalue weighted by Crippen LogP contribution is -2.22. The zero-order chi connectivity index (χ0) is 16.2. The molecule has 5 nitrogen and oxygen atoms in total. The van der Waals surface area contributed by atoms with Crippen molar-refractivity contribution in [2.75, 3.05) is 13.6 Å². The van der Waals surface area contributed by atoms with Gasteiger partial charge in [-0.25, -0.2) is 18.1 Å². The van der Waals surface area contributed by atoms with Crippen LogP contribution in [0.5, 0.6) is 0 Å². The van der Waals surface area contributed by atoms with Gasteiger partial charge in [0.05, 0.1) is 16.1 Å². The highest BCUT2D eigenvalue weighted by atomic mass is 32.2. The van der Waals surface area contributed by atoms with E-state index in [0.717, 1.165) is 24.2 Å². The minimum Gasteiger partial charge on any atom is -0.310 e. The molecule has 1 atom stereocenters. The largest absolute Gasteiger partial charge is 0.310 e. The van der Waals surface area contributed by atoms with Gasteiger partial charge in [0.25, 0.3) is 0 Å². The number of hydrogen-bond donors (Lipinski definition) is 2. The van der Waals surface area contributed by atoms with Crippen LogP contribution in [-0.4, -0.2) is 27.0 Å². The number of sulfonamides is 1. The summed E-state index contributed by atoms with van der Waals surface area (Å²) in [7, 11) is -1.98. The molecule has 1 heterocycles. The lowest BCUT2D eigenvalue weighted by Gasteiger charge is -2.15. The molecule has 0 fully saturated rings. The Morgan fingerprint density at radius 2 is 2.14 bits per heavy atom. The minimum absolute atomic E-state index is 0.0835. The standard InChI is InChI=1S/C15H21N3O2S2/c1-11(17-8-7-15-12(2)18-10-21-15)13-5-4-6-14(9-13)22(19,20)16-3/h4-6,9-11,16-17H,7-8H2,1-3H3/t11-/m0/s1. The van der Waals surface area contributed by atoms with Crippen molar-refractivity contribution in [2.45, 2.75) is 31.2 Å². The molecule has 0 saturated heterocycles. The summed E-state index contributed by atoms with van der Waals surface area (Å²) < 4.78 is 26.0. The Bertz CT molecular complexity index is 726. The summed E-state index contributed by atoms with van der Waals surface area (Å²) in [6.45, 7) is 4.87. The Labute approximate surface area is 135 Å². The number of benzene rings is 1. The van der Waals surface area contributed by atoms with Gasteiger partial charge in [0.15, 0.2) is 0 Å². The molecule has 1 aromatic heterocycles. The van der Waals surface area contributed by atoms with Gasteiger partial charge in [0.1, 0.15) is 0 Å². The zero-order valence-electron chi connectivity index (χ0n) is 13.0. The van der Waals surface area contributed by atoms with E-state index in [0.29, 0.717) is 4.90 Å². The van der Waals surface area contributed by atoms with Crippen LogP contribution in [0.3, 0.4) is 0 Å². The van der Waals surface area contributed by atoms with Crippen LogP contribution in [0.15, 0.2) is 34.7 Å². The van der Waals surface area contributed by atoms with Crippen LogP contribution in [-0.2, 0) is 16.4 Å². The highest BCUT2D eigenvalue weighted by Crippen LogP contribution is 2.18. The van der Waals surface area contributed by atoms with Crippen molar-refractivity contribution in [1.82, 2.24) is 15.0 Å². The number of nitrogens with zero attached hydrogens (tertiary/aromatic N) is 1. The highest BCUT2D eigenvalue weighted by Gasteiger charge is 2.13. The molecule has 0 amide bonds. The number of rotatable bonds is 7. The van der Waals surface area contributed by atoms with E-state index in [-0.39, 0.29) is 6.04 Å². The van der Waals surface area contributed by atoms with Gasteiger partial charge in [-0.1, -0.05) is 12.1 Å². The Balaban J connectivity index is 1.99. The Hall–Kier alpha value is -1.28. The summed E-state index contributed by atoms with van der Waals surface area (Å²) in [5.41, 5.74) is 3.90. The van der Waals surface area contributed by atoms with E-state index in [9.17, 15) is 8.42 Å². The summed E-state index contributed by atoms with van der Waals surface area (Å²) in [6, 6.07) is 7.10. The molecule has 0 aliphatic heterocycles. The predicted molar refractivity (Wildman–Crippen MR) is 89.7 cm³/mol. The van der Waals surface area contributed by atoms with Crippen LogP contribution in [0.25, 0.3) is 0 Å². The second-order valence-corrected chi connectivity index (χ2v) is 7.89. The molecule has 7 heteroatoms. The number of aromatic nitrogens is 1. The van der Waals surface area contributed by atoms with Crippen LogP contribution in [0.2, 0.25) is 0 Å². The van der Waals surface area contributed by atoms with E-state index in [1.165, 1.54) is 11.9 Å². The van der Waals surface area contributed by atoms with Crippen molar-refractivity contribution in [3.05, 3.63) is 45.9 Å². The quantitative estimate of drug-likeness (QED) is 0.812. The predicted octanol–water partition coefficient (Wildman–Crippen LogP) is 2.25. The van der Waals surface area contributed by atoms with E-state index in [4.69, 9.17) is 0 Å². The average Bonchev–Trinajstić information content (AvgIpc) is 2.92. The maximum Gasteiger partial charge on any atom is 0.240 e. The normalized spacial score (nSPS) is 13.2. The van der Waals surface area contributed by atoms with E-state index in [1.807, 2.05) is 25.4 Å². The van der Waals surface area contributed by atoms with Gasteiger partial charge in [0, 0.05) is 17.5 Å². The summed E-state index contributed by atoms with van der Waals surface area (Å²) >= 11 is 1.67. The number of aryl methyl sites for hydroxylation is 1. The van der Waals surface area contributed by atoms with Gasteiger partial charge < -0.3 is 5.32 Å². The molecule has 2 aromatic rings. The van der Waals surface area contributed by atoms with Crippen LogP contribution in [0.4, 0.5) is 0 Å². The first-order valence-electron chi connectivity index (χ1n) is 7.10. The minimum atomic E-state index is -3.40. The van der Waals surface area contributed by atoms with Crippen molar-refractivity contribution >= 4 is 21.4 Å². The molecule has 0 radical (unpaired) electrons. The third-order valence-electron chi connectivity index (χ3n) is 3.58. The van der Waals surface area contributed by atoms with Gasteiger partial charge in [-0.2, -0.15) is 0 Å². The molecule has 0 aliphatic rings. The molecule has 0 saturated carbocycles. The van der Waals surface area contributed by atoms with Crippen molar-refractivity contribution < 1.29 is 8.42 Å². The summed E-state index contributed by atoms with van der Waals surface area (Å²) in [6.07, 6.45) is 0.926. The SMILES string of the molecule is CNS(=O)(=O)c1cccc([C@H](C)NCCc2scnc2C)c1. The average molecular weight is 339 g/mol. The number of nitrogens with one attached hydrogen (secondary N) is 2. The molecule has 0 bridgehead atoms. The molecule has 22 heavy (non-hydrogen) atoms. The topological polar surface area (TPSA) is 71.1 Å². The van der Waals surface area contributed by atoms with Crippen LogP contribution in [0, 0.1) is 6.92 Å². The zero-order valence-corrected chi connectivity index (χ0v) is 14.6. The van der Waals surface area contributed by atoms with Gasteiger partial charge in [-0.3, -0.25) is 0 Å². The van der Waals surface area contributed by atoms with Crippen LogP contribution in [0.1, 0.15) is 29.1 Å². The van der Waals surface area contributed by atoms with Crippen molar-refractivity contribution in [3.8, 4) is 0 Å². The maximum absolute atomic E-state index is 11.8. The Morgan fingerprint density at radius 1 is 1.36 bits per heavy atom. The molecule has 0 spiro atoms. The molecule has 0 unspecified atom stereocenters. The summed E-state index contributed by atoms with van der Waals surface area (Å²) in [5.74, 6) is 0. The number of hydrogen-bond acceptors (Lipinski definition) is 5. The second-order valence-electron chi connectivity index (χ2n) is 5.07.